The summed E-state index contributed by atoms with van der Waals surface area (Å²) in [6.45, 7) is 0.308. The first kappa shape index (κ1) is 31.8. The minimum Gasteiger partial charge on any atom is -0.463 e. The lowest BCUT2D eigenvalue weighted by molar-refractivity contribution is -0.145. The molecule has 10 heteroatoms. The summed E-state index contributed by atoms with van der Waals surface area (Å²) in [6.07, 6.45) is 8.07. The van der Waals surface area contributed by atoms with Crippen LogP contribution in [0.4, 0.5) is 5.69 Å². The molecule has 0 aliphatic carbocycles. The normalized spacial score (nSPS) is 29.6. The largest absolute Gasteiger partial charge is 0.463 e. The Hall–Kier alpha value is -4.80. The highest BCUT2D eigenvalue weighted by Crippen LogP contribution is 2.55. The second-order valence-electron chi connectivity index (χ2n) is 12.8. The highest BCUT2D eigenvalue weighted by molar-refractivity contribution is 6.06. The summed E-state index contributed by atoms with van der Waals surface area (Å²) in [6, 6.07) is 21.3. The monoisotopic (exact) mass is 649 g/mol. The Morgan fingerprint density at radius 3 is 2.50 bits per heavy atom. The number of benzene rings is 3. The molecule has 2 fully saturated rings. The van der Waals surface area contributed by atoms with Gasteiger partial charge in [0.25, 0.3) is 5.91 Å². The van der Waals surface area contributed by atoms with Crippen molar-refractivity contribution in [3.05, 3.63) is 103 Å². The SMILES string of the molecule is O=C1CC/C=C\CN(c2ccc3ccccc3c2)C(=O)[C@@H]2N(CCCCO)C(=O)[C@H]3[C@H](C(=O)N[C@H](c4ccccc4)CO1)[C@@H]1C=C[C@]23O1. The van der Waals surface area contributed by atoms with Gasteiger partial charge in [0.05, 0.1) is 24.0 Å². The predicted molar refractivity (Wildman–Crippen MR) is 179 cm³/mol. The Morgan fingerprint density at radius 1 is 0.896 bits per heavy atom. The van der Waals surface area contributed by atoms with Crippen LogP contribution in [0.5, 0.6) is 0 Å². The number of likely N-dealkylation sites (tertiary alicyclic amines) is 1. The molecule has 0 radical (unpaired) electrons. The number of hydrogen-bond donors (Lipinski definition) is 2. The maximum atomic E-state index is 15.0. The lowest BCUT2D eigenvalue weighted by Gasteiger charge is -2.36. The molecule has 2 saturated heterocycles. The molecule has 3 aromatic rings. The number of unbranched alkanes of at least 4 members (excludes halogenated alkanes) is 1. The fourth-order valence-corrected chi connectivity index (χ4v) is 7.62. The third-order valence-corrected chi connectivity index (χ3v) is 9.93. The average Bonchev–Trinajstić information content (AvgIpc) is 3.75. The molecule has 4 heterocycles. The topological polar surface area (TPSA) is 125 Å². The van der Waals surface area contributed by atoms with Crippen LogP contribution in [0, 0.1) is 11.8 Å². The quantitative estimate of drug-likeness (QED) is 0.236. The van der Waals surface area contributed by atoms with Gasteiger partial charge in [0.2, 0.25) is 11.8 Å². The molecule has 48 heavy (non-hydrogen) atoms. The summed E-state index contributed by atoms with van der Waals surface area (Å²) in [5.74, 6) is -3.29. The van der Waals surface area contributed by atoms with Gasteiger partial charge in [-0.1, -0.05) is 85.0 Å². The van der Waals surface area contributed by atoms with Crippen molar-refractivity contribution in [1.82, 2.24) is 10.2 Å². The third-order valence-electron chi connectivity index (χ3n) is 9.93. The van der Waals surface area contributed by atoms with E-state index in [2.05, 4.69) is 5.32 Å². The molecule has 7 rings (SSSR count). The number of fused-ring (bicyclic) bond motifs is 3. The molecular weight excluding hydrogens is 610 g/mol. The maximum absolute atomic E-state index is 15.0. The first-order valence-electron chi connectivity index (χ1n) is 16.7. The van der Waals surface area contributed by atoms with E-state index in [0.29, 0.717) is 24.9 Å². The van der Waals surface area contributed by atoms with Crippen LogP contribution in [0.2, 0.25) is 0 Å². The summed E-state index contributed by atoms with van der Waals surface area (Å²) in [4.78, 5) is 59.6. The van der Waals surface area contributed by atoms with E-state index < -0.39 is 47.5 Å². The summed E-state index contributed by atoms with van der Waals surface area (Å²) in [7, 11) is 0. The van der Waals surface area contributed by atoms with Crippen LogP contribution in [0.3, 0.4) is 0 Å². The number of anilines is 1. The van der Waals surface area contributed by atoms with E-state index in [0.717, 1.165) is 16.3 Å². The Bertz CT molecular complexity index is 1770. The molecule has 0 unspecified atom stereocenters. The van der Waals surface area contributed by atoms with Crippen LogP contribution < -0.4 is 10.2 Å². The van der Waals surface area contributed by atoms with Gasteiger partial charge < -0.3 is 29.7 Å². The second kappa shape index (κ2) is 13.4. The molecule has 3 aromatic carbocycles. The van der Waals surface area contributed by atoms with Crippen LogP contribution in [0.1, 0.15) is 37.3 Å². The molecule has 3 amide bonds. The fourth-order valence-electron chi connectivity index (χ4n) is 7.62. The van der Waals surface area contributed by atoms with Crippen molar-refractivity contribution in [2.75, 3.05) is 31.2 Å². The van der Waals surface area contributed by atoms with Crippen molar-refractivity contribution in [1.29, 1.82) is 0 Å². The first-order valence-corrected chi connectivity index (χ1v) is 16.7. The van der Waals surface area contributed by atoms with Gasteiger partial charge >= 0.3 is 5.97 Å². The number of nitrogens with zero attached hydrogens (tertiary/aromatic N) is 2. The molecule has 6 atom stereocenters. The zero-order valence-corrected chi connectivity index (χ0v) is 26.6. The number of carbonyl (C=O) groups excluding carboxylic acids is 4. The van der Waals surface area contributed by atoms with E-state index in [1.54, 1.807) is 22.0 Å². The minimum atomic E-state index is -1.35. The van der Waals surface area contributed by atoms with Crippen molar-refractivity contribution < 1.29 is 33.8 Å². The van der Waals surface area contributed by atoms with E-state index in [1.165, 1.54) is 0 Å². The van der Waals surface area contributed by atoms with Crippen LogP contribution in [0.15, 0.2) is 97.1 Å². The second-order valence-corrected chi connectivity index (χ2v) is 12.8. The predicted octanol–water partition coefficient (Wildman–Crippen LogP) is 3.85. The van der Waals surface area contributed by atoms with Crippen molar-refractivity contribution >= 4 is 40.2 Å². The number of ether oxygens (including phenoxy) is 2. The number of rotatable bonds is 6. The number of nitrogens with one attached hydrogen (secondary N) is 1. The summed E-state index contributed by atoms with van der Waals surface area (Å²) < 4.78 is 12.2. The summed E-state index contributed by atoms with van der Waals surface area (Å²) >= 11 is 0. The summed E-state index contributed by atoms with van der Waals surface area (Å²) in [5.41, 5.74) is 0.0645. The number of allylic oxidation sites excluding steroid dienone is 1. The van der Waals surface area contributed by atoms with Gasteiger partial charge in [-0.05, 0) is 47.7 Å². The highest BCUT2D eigenvalue weighted by atomic mass is 16.5. The van der Waals surface area contributed by atoms with Crippen LogP contribution >= 0.6 is 0 Å². The van der Waals surface area contributed by atoms with Crippen molar-refractivity contribution in [2.45, 2.75) is 49.5 Å². The van der Waals surface area contributed by atoms with Crippen LogP contribution in [0.25, 0.3) is 10.8 Å². The van der Waals surface area contributed by atoms with E-state index in [4.69, 9.17) is 9.47 Å². The highest BCUT2D eigenvalue weighted by Gasteiger charge is 2.73. The van der Waals surface area contributed by atoms with Gasteiger partial charge in [0.1, 0.15) is 18.2 Å². The van der Waals surface area contributed by atoms with Gasteiger partial charge in [0, 0.05) is 31.8 Å². The van der Waals surface area contributed by atoms with Gasteiger partial charge in [-0.2, -0.15) is 0 Å². The van der Waals surface area contributed by atoms with E-state index in [1.807, 2.05) is 84.9 Å². The number of esters is 1. The molecule has 5 bridgehead atoms. The van der Waals surface area contributed by atoms with Gasteiger partial charge in [-0.25, -0.2) is 0 Å². The summed E-state index contributed by atoms with van der Waals surface area (Å²) in [5, 5.41) is 14.6. The maximum Gasteiger partial charge on any atom is 0.306 e. The number of hydrogen-bond acceptors (Lipinski definition) is 7. The first-order chi connectivity index (χ1) is 23.4. The molecule has 2 N–H and O–H groups in total. The van der Waals surface area contributed by atoms with Crippen LogP contribution in [-0.2, 0) is 28.7 Å². The van der Waals surface area contributed by atoms with E-state index in [-0.39, 0.29) is 44.5 Å². The standard InChI is InChI=1S/C38H39N3O7/c42-22-10-9-21-41-34-37(46)40(28-17-16-25-11-6-7-14-27(25)23-28)20-8-2-5-15-31(43)47-24-29(26-12-3-1-4-13-26)39-35(44)32-30-18-19-38(34,48-30)33(32)36(41)45/h1-4,6-8,11-14,16-19,23,29-30,32-34,42H,5,9-10,15,20-22,24H2,(H,39,44)/b8-2-/t29-,30-,32+,33+,34-,38+/m0/s1. The molecular formula is C38H39N3O7. The lowest BCUT2D eigenvalue weighted by Crippen LogP contribution is -2.56. The van der Waals surface area contributed by atoms with Crippen molar-refractivity contribution in [3.8, 4) is 0 Å². The van der Waals surface area contributed by atoms with Gasteiger partial charge in [-0.15, -0.1) is 0 Å². The Balaban J connectivity index is 1.31. The number of carbonyl (C=O) groups is 4. The van der Waals surface area contributed by atoms with Crippen molar-refractivity contribution in [3.63, 3.8) is 0 Å². The minimum absolute atomic E-state index is 0.0435. The Labute approximate surface area is 279 Å². The number of cyclic esters (lactones) is 1. The number of amides is 3. The van der Waals surface area contributed by atoms with E-state index >= 15 is 0 Å². The zero-order valence-electron chi connectivity index (χ0n) is 26.6. The molecule has 4 aliphatic rings. The Morgan fingerprint density at radius 2 is 1.69 bits per heavy atom. The lowest BCUT2D eigenvalue weighted by atomic mass is 9.74. The van der Waals surface area contributed by atoms with Gasteiger partial charge in [0.15, 0.2) is 0 Å². The van der Waals surface area contributed by atoms with Crippen LogP contribution in [-0.4, -0.2) is 77.7 Å². The zero-order chi connectivity index (χ0) is 33.3. The molecule has 0 saturated carbocycles. The third kappa shape index (κ3) is 5.69. The molecule has 248 valence electrons. The number of aliphatic hydroxyl groups is 1. The average molecular weight is 650 g/mol. The van der Waals surface area contributed by atoms with Gasteiger partial charge in [-0.3, -0.25) is 19.2 Å². The number of aliphatic hydroxyl groups excluding tert-OH is 1. The molecule has 10 nitrogen and oxygen atoms in total. The molecule has 4 aliphatic heterocycles. The molecule has 0 aromatic heterocycles. The van der Waals surface area contributed by atoms with E-state index in [9.17, 15) is 24.3 Å². The van der Waals surface area contributed by atoms with Crippen molar-refractivity contribution in [2.24, 2.45) is 11.8 Å². The smallest absolute Gasteiger partial charge is 0.306 e. The molecule has 1 spiro atoms. The Kier molecular flexibility index (Phi) is 8.85. The fraction of sp³-hybridized carbons (Fsp3) is 0.368.